The van der Waals surface area contributed by atoms with Gasteiger partial charge in [0.25, 0.3) is 11.8 Å². The number of ether oxygens (including phenoxy) is 1. The third-order valence-corrected chi connectivity index (χ3v) is 5.58. The Bertz CT molecular complexity index is 1080. The third kappa shape index (κ3) is 4.96. The lowest BCUT2D eigenvalue weighted by atomic mass is 9.94. The summed E-state index contributed by atoms with van der Waals surface area (Å²) in [6, 6.07) is 14.6. The van der Waals surface area contributed by atoms with Crippen molar-refractivity contribution >= 4 is 11.8 Å². The van der Waals surface area contributed by atoms with Crippen molar-refractivity contribution < 1.29 is 23.2 Å². The molecule has 7 nitrogen and oxygen atoms in total. The van der Waals surface area contributed by atoms with Crippen LogP contribution >= 0.6 is 0 Å². The van der Waals surface area contributed by atoms with Gasteiger partial charge in [-0.1, -0.05) is 17.3 Å². The monoisotopic (exact) mass is 437 g/mol. The van der Waals surface area contributed by atoms with Crippen LogP contribution < -0.4 is 10.1 Å². The molecule has 1 fully saturated rings. The van der Waals surface area contributed by atoms with Crippen LogP contribution in [0, 0.1) is 5.82 Å². The SMILES string of the molecule is COc1ccc(C(=O)N2CCCC(c3cc(C(=O)NCc4ccc(F)cc4)no3)C2)cc1. The van der Waals surface area contributed by atoms with Crippen molar-refractivity contribution in [2.45, 2.75) is 25.3 Å². The minimum Gasteiger partial charge on any atom is -0.497 e. The molecule has 0 aliphatic carbocycles. The average molecular weight is 437 g/mol. The van der Waals surface area contributed by atoms with Crippen LogP contribution in [0.15, 0.2) is 59.1 Å². The van der Waals surface area contributed by atoms with Gasteiger partial charge < -0.3 is 19.5 Å². The number of rotatable bonds is 6. The molecule has 8 heteroatoms. The quantitative estimate of drug-likeness (QED) is 0.635. The Kier molecular flexibility index (Phi) is 6.49. The van der Waals surface area contributed by atoms with Gasteiger partial charge in [0, 0.05) is 37.2 Å². The molecular weight excluding hydrogens is 413 g/mol. The van der Waals surface area contributed by atoms with Gasteiger partial charge in [0.2, 0.25) is 0 Å². The van der Waals surface area contributed by atoms with Gasteiger partial charge in [0.15, 0.2) is 5.69 Å². The molecule has 2 aromatic carbocycles. The number of nitrogens with zero attached hydrogens (tertiary/aromatic N) is 2. The number of methoxy groups -OCH3 is 1. The number of benzene rings is 2. The third-order valence-electron chi connectivity index (χ3n) is 5.58. The fourth-order valence-corrected chi connectivity index (χ4v) is 3.77. The van der Waals surface area contributed by atoms with E-state index >= 15 is 0 Å². The molecule has 0 bridgehead atoms. The Morgan fingerprint density at radius 1 is 1.19 bits per heavy atom. The molecule has 1 saturated heterocycles. The first-order chi connectivity index (χ1) is 15.5. The van der Waals surface area contributed by atoms with E-state index in [-0.39, 0.29) is 35.8 Å². The van der Waals surface area contributed by atoms with Crippen LogP contribution in [0.5, 0.6) is 5.75 Å². The maximum atomic E-state index is 13.0. The second kappa shape index (κ2) is 9.64. The lowest BCUT2D eigenvalue weighted by Gasteiger charge is -2.31. The fraction of sp³-hybridized carbons (Fsp3) is 0.292. The lowest BCUT2D eigenvalue weighted by Crippen LogP contribution is -2.39. The van der Waals surface area contributed by atoms with Crippen LogP contribution in [0.1, 0.15) is 50.9 Å². The van der Waals surface area contributed by atoms with Gasteiger partial charge in [-0.3, -0.25) is 9.59 Å². The highest BCUT2D eigenvalue weighted by Crippen LogP contribution is 2.28. The Morgan fingerprint density at radius 3 is 2.66 bits per heavy atom. The number of hydrogen-bond acceptors (Lipinski definition) is 5. The van der Waals surface area contributed by atoms with Crippen LogP contribution in [0.25, 0.3) is 0 Å². The van der Waals surface area contributed by atoms with E-state index in [2.05, 4.69) is 10.5 Å². The van der Waals surface area contributed by atoms with Gasteiger partial charge in [0.1, 0.15) is 17.3 Å². The Hall–Kier alpha value is -3.68. The Morgan fingerprint density at radius 2 is 1.94 bits per heavy atom. The van der Waals surface area contributed by atoms with E-state index in [0.29, 0.717) is 30.2 Å². The molecule has 4 rings (SSSR count). The number of nitrogens with one attached hydrogen (secondary N) is 1. The van der Waals surface area contributed by atoms with Crippen molar-refractivity contribution in [3.63, 3.8) is 0 Å². The molecule has 1 atom stereocenters. The van der Waals surface area contributed by atoms with Crippen molar-refractivity contribution in [3.05, 3.63) is 83.0 Å². The molecule has 1 unspecified atom stereocenters. The molecule has 0 saturated carbocycles. The molecule has 2 heterocycles. The van der Waals surface area contributed by atoms with Gasteiger partial charge in [-0.2, -0.15) is 0 Å². The summed E-state index contributed by atoms with van der Waals surface area (Å²) in [5.74, 6) is 0.514. The molecule has 1 aliphatic rings. The summed E-state index contributed by atoms with van der Waals surface area (Å²) in [4.78, 5) is 27.1. The van der Waals surface area contributed by atoms with Crippen LogP contribution in [-0.2, 0) is 6.54 Å². The minimum absolute atomic E-state index is 0.0305. The number of carbonyl (C=O) groups excluding carboxylic acids is 2. The van der Waals surface area contributed by atoms with Crippen molar-refractivity contribution in [1.82, 2.24) is 15.4 Å². The molecular formula is C24H24FN3O4. The van der Waals surface area contributed by atoms with E-state index in [1.165, 1.54) is 12.1 Å². The van der Waals surface area contributed by atoms with E-state index in [9.17, 15) is 14.0 Å². The largest absolute Gasteiger partial charge is 0.497 e. The number of amides is 2. The normalized spacial score (nSPS) is 15.9. The first-order valence-corrected chi connectivity index (χ1v) is 10.5. The number of carbonyl (C=O) groups is 2. The molecule has 166 valence electrons. The van der Waals surface area contributed by atoms with Gasteiger partial charge >= 0.3 is 0 Å². The molecule has 32 heavy (non-hydrogen) atoms. The lowest BCUT2D eigenvalue weighted by molar-refractivity contribution is 0.0697. The topological polar surface area (TPSA) is 84.7 Å². The van der Waals surface area contributed by atoms with Crippen molar-refractivity contribution in [3.8, 4) is 5.75 Å². The summed E-state index contributed by atoms with van der Waals surface area (Å²) in [6.07, 6.45) is 1.68. The maximum Gasteiger partial charge on any atom is 0.273 e. The van der Waals surface area contributed by atoms with E-state index in [4.69, 9.17) is 9.26 Å². The number of aromatic nitrogens is 1. The van der Waals surface area contributed by atoms with Gasteiger partial charge in [-0.05, 0) is 54.8 Å². The predicted octanol–water partition coefficient (Wildman–Crippen LogP) is 3.77. The maximum absolute atomic E-state index is 13.0. The van der Waals surface area contributed by atoms with Gasteiger partial charge in [0.05, 0.1) is 7.11 Å². The summed E-state index contributed by atoms with van der Waals surface area (Å²) in [5, 5.41) is 6.65. The van der Waals surface area contributed by atoms with E-state index in [1.807, 2.05) is 0 Å². The summed E-state index contributed by atoms with van der Waals surface area (Å²) < 4.78 is 23.6. The first kappa shape index (κ1) is 21.5. The highest BCUT2D eigenvalue weighted by molar-refractivity contribution is 5.94. The zero-order valence-corrected chi connectivity index (χ0v) is 17.7. The summed E-state index contributed by atoms with van der Waals surface area (Å²) in [6.45, 7) is 1.42. The van der Waals surface area contributed by atoms with E-state index in [0.717, 1.165) is 18.4 Å². The summed E-state index contributed by atoms with van der Waals surface area (Å²) >= 11 is 0. The van der Waals surface area contributed by atoms with Gasteiger partial charge in [-0.25, -0.2) is 4.39 Å². The van der Waals surface area contributed by atoms with Crippen LogP contribution in [0.4, 0.5) is 4.39 Å². The molecule has 2 amide bonds. The predicted molar refractivity (Wildman–Crippen MR) is 115 cm³/mol. The molecule has 1 aromatic heterocycles. The molecule has 0 spiro atoms. The van der Waals surface area contributed by atoms with Crippen LogP contribution in [0.3, 0.4) is 0 Å². The number of piperidine rings is 1. The van der Waals surface area contributed by atoms with Crippen molar-refractivity contribution in [2.75, 3.05) is 20.2 Å². The number of hydrogen-bond donors (Lipinski definition) is 1. The highest BCUT2D eigenvalue weighted by Gasteiger charge is 2.28. The Labute approximate surface area is 185 Å². The van der Waals surface area contributed by atoms with Crippen molar-refractivity contribution in [1.29, 1.82) is 0 Å². The average Bonchev–Trinajstić information content (AvgIpc) is 3.34. The molecule has 0 radical (unpaired) electrons. The second-order valence-corrected chi connectivity index (χ2v) is 7.74. The summed E-state index contributed by atoms with van der Waals surface area (Å²) in [7, 11) is 1.58. The van der Waals surface area contributed by atoms with Gasteiger partial charge in [-0.15, -0.1) is 0 Å². The molecule has 1 aliphatic heterocycles. The molecule has 1 N–H and O–H groups in total. The summed E-state index contributed by atoms with van der Waals surface area (Å²) in [5.41, 5.74) is 1.56. The van der Waals surface area contributed by atoms with Crippen molar-refractivity contribution in [2.24, 2.45) is 0 Å². The smallest absolute Gasteiger partial charge is 0.273 e. The minimum atomic E-state index is -0.369. The number of halogens is 1. The number of likely N-dealkylation sites (tertiary alicyclic amines) is 1. The molecule has 3 aromatic rings. The fourth-order valence-electron chi connectivity index (χ4n) is 3.77. The van der Waals surface area contributed by atoms with Crippen LogP contribution in [-0.4, -0.2) is 42.1 Å². The van der Waals surface area contributed by atoms with E-state index < -0.39 is 0 Å². The zero-order chi connectivity index (χ0) is 22.5. The first-order valence-electron chi connectivity index (χ1n) is 10.5. The highest BCUT2D eigenvalue weighted by atomic mass is 19.1. The Balaban J connectivity index is 1.36. The standard InChI is InChI=1S/C24H24FN3O4/c1-31-20-10-6-17(7-11-20)24(30)28-12-2-3-18(15-28)22-13-21(27-32-22)23(29)26-14-16-4-8-19(25)9-5-16/h4-11,13,18H,2-3,12,14-15H2,1H3,(H,26,29). The zero-order valence-electron chi connectivity index (χ0n) is 17.7. The second-order valence-electron chi connectivity index (χ2n) is 7.74. The van der Waals surface area contributed by atoms with Crippen LogP contribution in [0.2, 0.25) is 0 Å². The van der Waals surface area contributed by atoms with E-state index in [1.54, 1.807) is 54.5 Å².